The number of piperazine rings is 1. The van der Waals surface area contributed by atoms with Gasteiger partial charge in [-0.1, -0.05) is 12.1 Å². The molecule has 1 heterocycles. The second kappa shape index (κ2) is 10.4. The molecule has 0 saturated carbocycles. The van der Waals surface area contributed by atoms with Crippen molar-refractivity contribution in [1.82, 2.24) is 20.4 Å². The van der Waals surface area contributed by atoms with Gasteiger partial charge in [0, 0.05) is 46.3 Å². The van der Waals surface area contributed by atoms with Crippen LogP contribution < -0.4 is 10.6 Å². The maximum absolute atomic E-state index is 13.1. The van der Waals surface area contributed by atoms with Gasteiger partial charge >= 0.3 is 6.18 Å². The van der Waals surface area contributed by atoms with E-state index in [0.29, 0.717) is 50.8 Å². The van der Waals surface area contributed by atoms with Crippen LogP contribution in [0.15, 0.2) is 29.3 Å². The smallest absolute Gasteiger partial charge is 0.354 e. The van der Waals surface area contributed by atoms with E-state index in [9.17, 15) is 22.4 Å². The third-order valence-corrected chi connectivity index (χ3v) is 4.83. The van der Waals surface area contributed by atoms with E-state index in [1.165, 1.54) is 24.0 Å². The number of aliphatic imine (C=N–C) groups is 1. The van der Waals surface area contributed by atoms with Crippen molar-refractivity contribution in [3.8, 4) is 0 Å². The Labute approximate surface area is 168 Å². The summed E-state index contributed by atoms with van der Waals surface area (Å²) in [5.41, 5.74) is 0.595. The number of rotatable bonds is 6. The average Bonchev–Trinajstić information content (AvgIpc) is 2.67. The lowest BCUT2D eigenvalue weighted by Gasteiger charge is -2.39. The minimum absolute atomic E-state index is 0.0891. The normalized spacial score (nSPS) is 17.2. The van der Waals surface area contributed by atoms with Crippen molar-refractivity contribution in [3.05, 3.63) is 35.6 Å². The van der Waals surface area contributed by atoms with Gasteiger partial charge in [-0.05, 0) is 24.6 Å². The topological polar surface area (TPSA) is 60.0 Å². The first kappa shape index (κ1) is 22.9. The van der Waals surface area contributed by atoms with Gasteiger partial charge in [0.05, 0.1) is 6.42 Å². The first-order valence-electron chi connectivity index (χ1n) is 9.48. The van der Waals surface area contributed by atoms with Crippen molar-refractivity contribution in [2.24, 2.45) is 4.99 Å². The van der Waals surface area contributed by atoms with Crippen molar-refractivity contribution in [2.45, 2.75) is 25.6 Å². The predicted molar refractivity (Wildman–Crippen MR) is 103 cm³/mol. The molecule has 1 atom stereocenters. The van der Waals surface area contributed by atoms with E-state index in [1.807, 2.05) is 4.90 Å². The van der Waals surface area contributed by atoms with Gasteiger partial charge in [-0.3, -0.25) is 14.7 Å². The van der Waals surface area contributed by atoms with Crippen LogP contribution in [0.3, 0.4) is 0 Å². The molecule has 1 aromatic rings. The number of hydrogen-bond acceptors (Lipinski definition) is 3. The summed E-state index contributed by atoms with van der Waals surface area (Å²) >= 11 is 0. The molecular weight excluding hydrogens is 390 g/mol. The zero-order valence-electron chi connectivity index (χ0n) is 16.6. The molecule has 0 aliphatic carbocycles. The summed E-state index contributed by atoms with van der Waals surface area (Å²) in [5.74, 6) is -0.0173. The van der Waals surface area contributed by atoms with Crippen molar-refractivity contribution in [3.63, 3.8) is 0 Å². The van der Waals surface area contributed by atoms with E-state index in [-0.39, 0.29) is 18.1 Å². The van der Waals surface area contributed by atoms with Gasteiger partial charge in [-0.15, -0.1) is 0 Å². The summed E-state index contributed by atoms with van der Waals surface area (Å²) in [7, 11) is 1.61. The highest BCUT2D eigenvalue weighted by atomic mass is 19.4. The third kappa shape index (κ3) is 7.19. The Balaban J connectivity index is 1.70. The fourth-order valence-electron chi connectivity index (χ4n) is 3.13. The fraction of sp³-hybridized carbons (Fsp3) is 0.579. The highest BCUT2D eigenvalue weighted by molar-refractivity contribution is 5.80. The van der Waals surface area contributed by atoms with Crippen LogP contribution in [0.2, 0.25) is 0 Å². The number of nitrogens with one attached hydrogen (secondary N) is 2. The second-order valence-corrected chi connectivity index (χ2v) is 6.87. The Morgan fingerprint density at radius 3 is 2.41 bits per heavy atom. The van der Waals surface area contributed by atoms with Crippen LogP contribution >= 0.6 is 0 Å². The van der Waals surface area contributed by atoms with Crippen LogP contribution in [0.5, 0.6) is 0 Å². The molecule has 0 radical (unpaired) electrons. The molecule has 0 bridgehead atoms. The van der Waals surface area contributed by atoms with Crippen LogP contribution in [0.1, 0.15) is 12.5 Å². The van der Waals surface area contributed by atoms with E-state index in [2.05, 4.69) is 15.6 Å². The lowest BCUT2D eigenvalue weighted by Crippen LogP contribution is -2.57. The van der Waals surface area contributed by atoms with E-state index in [0.717, 1.165) is 0 Å². The van der Waals surface area contributed by atoms with Crippen LogP contribution in [-0.4, -0.2) is 80.2 Å². The van der Waals surface area contributed by atoms with E-state index in [1.54, 1.807) is 19.2 Å². The molecule has 2 N–H and O–H groups in total. The number of carbonyl (C=O) groups is 1. The number of alkyl halides is 3. The summed E-state index contributed by atoms with van der Waals surface area (Å²) < 4.78 is 51.7. The Bertz CT molecular complexity index is 702. The van der Waals surface area contributed by atoms with Crippen molar-refractivity contribution >= 4 is 11.9 Å². The van der Waals surface area contributed by atoms with Gasteiger partial charge in [0.15, 0.2) is 5.96 Å². The number of hydrogen-bond donors (Lipinski definition) is 2. The van der Waals surface area contributed by atoms with Gasteiger partial charge < -0.3 is 15.5 Å². The first-order chi connectivity index (χ1) is 13.7. The maximum atomic E-state index is 13.1. The zero-order chi connectivity index (χ0) is 21.4. The molecule has 1 aliphatic heterocycles. The molecule has 1 unspecified atom stereocenters. The minimum Gasteiger partial charge on any atom is -0.354 e. The third-order valence-electron chi connectivity index (χ3n) is 4.83. The molecule has 0 aromatic heterocycles. The highest BCUT2D eigenvalue weighted by Crippen LogP contribution is 2.25. The Morgan fingerprint density at radius 2 is 1.83 bits per heavy atom. The average molecular weight is 417 g/mol. The number of guanidine groups is 1. The fourth-order valence-corrected chi connectivity index (χ4v) is 3.13. The molecular formula is C19H27F4N5O. The minimum atomic E-state index is -4.23. The van der Waals surface area contributed by atoms with Gasteiger partial charge in [-0.25, -0.2) is 4.39 Å². The Kier molecular flexibility index (Phi) is 8.24. The standard InChI is InChI=1S/C19H27F4N5O/c1-14(19(21,22)23)27-8-10-28(11-9-27)18(24-2)26-7-6-25-17(29)13-15-4-3-5-16(20)12-15/h3-5,12,14H,6-11,13H2,1-2H3,(H,24,26)(H,25,29). The summed E-state index contributed by atoms with van der Waals surface area (Å²) in [5, 5.41) is 5.84. The summed E-state index contributed by atoms with van der Waals surface area (Å²) in [4.78, 5) is 19.4. The van der Waals surface area contributed by atoms with Gasteiger partial charge in [0.2, 0.25) is 5.91 Å². The van der Waals surface area contributed by atoms with Crippen molar-refractivity contribution in [1.29, 1.82) is 0 Å². The maximum Gasteiger partial charge on any atom is 0.403 e. The van der Waals surface area contributed by atoms with Crippen LogP contribution in [0.4, 0.5) is 17.6 Å². The molecule has 2 rings (SSSR count). The van der Waals surface area contributed by atoms with Crippen LogP contribution in [0.25, 0.3) is 0 Å². The summed E-state index contributed by atoms with van der Waals surface area (Å²) in [6.07, 6.45) is -4.14. The molecule has 29 heavy (non-hydrogen) atoms. The largest absolute Gasteiger partial charge is 0.403 e. The molecule has 1 saturated heterocycles. The monoisotopic (exact) mass is 417 g/mol. The lowest BCUT2D eigenvalue weighted by atomic mass is 10.1. The number of nitrogens with zero attached hydrogens (tertiary/aromatic N) is 3. The van der Waals surface area contributed by atoms with Gasteiger partial charge in [0.25, 0.3) is 0 Å². The number of amides is 1. The van der Waals surface area contributed by atoms with Crippen LogP contribution in [0, 0.1) is 5.82 Å². The Hall–Kier alpha value is -2.36. The highest BCUT2D eigenvalue weighted by Gasteiger charge is 2.41. The van der Waals surface area contributed by atoms with E-state index < -0.39 is 12.2 Å². The zero-order valence-corrected chi connectivity index (χ0v) is 16.6. The van der Waals surface area contributed by atoms with Gasteiger partial charge in [-0.2, -0.15) is 13.2 Å². The first-order valence-corrected chi connectivity index (χ1v) is 9.48. The number of benzene rings is 1. The number of halogens is 4. The summed E-state index contributed by atoms with van der Waals surface area (Å²) in [6, 6.07) is 4.41. The van der Waals surface area contributed by atoms with Gasteiger partial charge in [0.1, 0.15) is 11.9 Å². The molecule has 6 nitrogen and oxygen atoms in total. The quantitative estimate of drug-likeness (QED) is 0.320. The molecule has 1 aromatic carbocycles. The van der Waals surface area contributed by atoms with Crippen molar-refractivity contribution < 1.29 is 22.4 Å². The number of carbonyl (C=O) groups excluding carboxylic acids is 1. The SMILES string of the molecule is CN=C(NCCNC(=O)Cc1cccc(F)c1)N1CCN(C(C)C(F)(F)F)CC1. The molecule has 1 amide bonds. The Morgan fingerprint density at radius 1 is 1.17 bits per heavy atom. The molecule has 0 spiro atoms. The molecule has 10 heteroatoms. The van der Waals surface area contributed by atoms with E-state index >= 15 is 0 Å². The predicted octanol–water partition coefficient (Wildman–Crippen LogP) is 1.63. The molecule has 1 aliphatic rings. The van der Waals surface area contributed by atoms with Crippen LogP contribution in [-0.2, 0) is 11.2 Å². The van der Waals surface area contributed by atoms with E-state index in [4.69, 9.17) is 0 Å². The molecule has 162 valence electrons. The lowest BCUT2D eigenvalue weighted by molar-refractivity contribution is -0.181. The molecule has 1 fully saturated rings. The van der Waals surface area contributed by atoms with Crippen molar-refractivity contribution in [2.75, 3.05) is 46.3 Å². The second-order valence-electron chi connectivity index (χ2n) is 6.87. The summed E-state index contributed by atoms with van der Waals surface area (Å²) in [6.45, 7) is 3.41.